The average Bonchev–Trinajstić information content (AvgIpc) is 3.09. The van der Waals surface area contributed by atoms with Crippen LogP contribution in [0.4, 0.5) is 0 Å². The Morgan fingerprint density at radius 1 is 1.23 bits per heavy atom. The number of aliphatic imine (C=N–C) groups is 1. The van der Waals surface area contributed by atoms with Gasteiger partial charge in [0.25, 0.3) is 0 Å². The minimum atomic E-state index is 0. The molecule has 1 aromatic heterocycles. The van der Waals surface area contributed by atoms with Crippen molar-refractivity contribution in [2.24, 2.45) is 12.0 Å². The summed E-state index contributed by atoms with van der Waals surface area (Å²) >= 11 is 0. The van der Waals surface area contributed by atoms with E-state index >= 15 is 0 Å². The smallest absolute Gasteiger partial charge is 0.191 e. The van der Waals surface area contributed by atoms with Gasteiger partial charge < -0.3 is 19.9 Å². The second-order valence-electron chi connectivity index (χ2n) is 8.04. The quantitative estimate of drug-likeness (QED) is 0.284. The molecule has 0 aliphatic heterocycles. The van der Waals surface area contributed by atoms with Crippen molar-refractivity contribution in [1.82, 2.24) is 25.4 Å². The minimum absolute atomic E-state index is 0. The Kier molecular flexibility index (Phi) is 11.1. The zero-order valence-electron chi connectivity index (χ0n) is 19.1. The summed E-state index contributed by atoms with van der Waals surface area (Å²) in [5.41, 5.74) is 1.26. The fraction of sp³-hybridized carbons (Fsp3) is 0.609. The van der Waals surface area contributed by atoms with Gasteiger partial charge in [-0.3, -0.25) is 0 Å². The highest BCUT2D eigenvalue weighted by atomic mass is 127. The van der Waals surface area contributed by atoms with Crippen molar-refractivity contribution >= 4 is 29.9 Å². The molecule has 2 N–H and O–H groups in total. The Bertz CT molecular complexity index is 816. The number of guanidine groups is 1. The molecule has 1 heterocycles. The van der Waals surface area contributed by atoms with Gasteiger partial charge in [0.1, 0.15) is 18.1 Å². The van der Waals surface area contributed by atoms with Gasteiger partial charge >= 0.3 is 0 Å². The van der Waals surface area contributed by atoms with E-state index in [1.54, 1.807) is 0 Å². The second-order valence-corrected chi connectivity index (χ2v) is 8.04. The maximum atomic E-state index is 5.75. The van der Waals surface area contributed by atoms with Gasteiger partial charge in [-0.05, 0) is 50.3 Å². The molecular formula is C23H37IN6O. The first kappa shape index (κ1) is 25.4. The van der Waals surface area contributed by atoms with Crippen molar-refractivity contribution in [3.8, 4) is 5.75 Å². The van der Waals surface area contributed by atoms with Gasteiger partial charge in [-0.25, -0.2) is 4.99 Å². The summed E-state index contributed by atoms with van der Waals surface area (Å²) in [5.74, 6) is 3.58. The average molecular weight is 540 g/mol. The van der Waals surface area contributed by atoms with Crippen LogP contribution in [0.1, 0.15) is 62.7 Å². The summed E-state index contributed by atoms with van der Waals surface area (Å²) in [6, 6.07) is 8.86. The monoisotopic (exact) mass is 540 g/mol. The molecule has 172 valence electrons. The van der Waals surface area contributed by atoms with Crippen LogP contribution in [0.3, 0.4) is 0 Å². The summed E-state index contributed by atoms with van der Waals surface area (Å²) in [4.78, 5) is 4.80. The molecule has 0 amide bonds. The summed E-state index contributed by atoms with van der Waals surface area (Å²) < 4.78 is 7.74. The molecule has 1 saturated carbocycles. The second kappa shape index (κ2) is 13.5. The molecule has 7 nitrogen and oxygen atoms in total. The molecule has 1 fully saturated rings. The molecule has 0 bridgehead atoms. The molecule has 3 rings (SSSR count). The van der Waals surface area contributed by atoms with Crippen LogP contribution in [0.5, 0.6) is 5.75 Å². The molecule has 0 radical (unpaired) electrons. The summed E-state index contributed by atoms with van der Waals surface area (Å²) in [5, 5.41) is 15.5. The molecule has 0 unspecified atom stereocenters. The fourth-order valence-electron chi connectivity index (χ4n) is 3.67. The van der Waals surface area contributed by atoms with Crippen LogP contribution >= 0.6 is 24.0 Å². The van der Waals surface area contributed by atoms with E-state index in [0.29, 0.717) is 12.6 Å². The van der Waals surface area contributed by atoms with E-state index in [0.717, 1.165) is 49.4 Å². The highest BCUT2D eigenvalue weighted by Crippen LogP contribution is 2.17. The summed E-state index contributed by atoms with van der Waals surface area (Å²) in [7, 11) is 1.98. The molecule has 31 heavy (non-hydrogen) atoms. The van der Waals surface area contributed by atoms with E-state index in [1.807, 2.05) is 24.6 Å². The van der Waals surface area contributed by atoms with Crippen molar-refractivity contribution in [2.75, 3.05) is 13.2 Å². The molecular weight excluding hydrogens is 503 g/mol. The molecule has 8 heteroatoms. The van der Waals surface area contributed by atoms with E-state index < -0.39 is 0 Å². The Labute approximate surface area is 203 Å². The van der Waals surface area contributed by atoms with E-state index in [-0.39, 0.29) is 24.0 Å². The number of hydrogen-bond donors (Lipinski definition) is 2. The number of ether oxygens (including phenoxy) is 1. The first-order chi connectivity index (χ1) is 14.7. The van der Waals surface area contributed by atoms with Gasteiger partial charge in [0.05, 0.1) is 6.61 Å². The van der Waals surface area contributed by atoms with Crippen molar-refractivity contribution in [3.05, 3.63) is 41.5 Å². The SMILES string of the molecule is CCCOc1cccc(CCNC(=NCc2nnc(C)n2C)NC2CCCCC2)c1.I. The van der Waals surface area contributed by atoms with E-state index in [9.17, 15) is 0 Å². The summed E-state index contributed by atoms with van der Waals surface area (Å²) in [6.45, 7) is 6.16. The maximum Gasteiger partial charge on any atom is 0.191 e. The van der Waals surface area contributed by atoms with Crippen LogP contribution in [0.25, 0.3) is 0 Å². The van der Waals surface area contributed by atoms with Crippen LogP contribution in [0.15, 0.2) is 29.3 Å². The van der Waals surface area contributed by atoms with E-state index in [1.165, 1.54) is 37.7 Å². The highest BCUT2D eigenvalue weighted by Gasteiger charge is 2.15. The third kappa shape index (κ3) is 8.31. The van der Waals surface area contributed by atoms with Crippen LogP contribution in [0.2, 0.25) is 0 Å². The Morgan fingerprint density at radius 3 is 2.74 bits per heavy atom. The number of halogens is 1. The van der Waals surface area contributed by atoms with E-state index in [2.05, 4.69) is 46.0 Å². The zero-order chi connectivity index (χ0) is 21.2. The predicted octanol–water partition coefficient (Wildman–Crippen LogP) is 4.14. The molecule has 0 spiro atoms. The molecule has 1 aromatic carbocycles. The van der Waals surface area contributed by atoms with E-state index in [4.69, 9.17) is 9.73 Å². The number of nitrogens with one attached hydrogen (secondary N) is 2. The lowest BCUT2D eigenvalue weighted by atomic mass is 9.96. The largest absolute Gasteiger partial charge is 0.494 e. The van der Waals surface area contributed by atoms with Gasteiger partial charge in [0.2, 0.25) is 0 Å². The predicted molar refractivity (Wildman–Crippen MR) is 136 cm³/mol. The number of rotatable bonds is 9. The van der Waals surface area contributed by atoms with Gasteiger partial charge in [0, 0.05) is 19.6 Å². The topological polar surface area (TPSA) is 76.4 Å². The third-order valence-corrected chi connectivity index (χ3v) is 5.58. The molecule has 1 aliphatic rings. The normalized spacial score (nSPS) is 14.7. The molecule has 1 aliphatic carbocycles. The van der Waals surface area contributed by atoms with Crippen LogP contribution in [-0.2, 0) is 20.0 Å². The van der Waals surface area contributed by atoms with Gasteiger partial charge in [-0.1, -0.05) is 38.3 Å². The minimum Gasteiger partial charge on any atom is -0.494 e. The Balaban J connectivity index is 0.00000341. The maximum absolute atomic E-state index is 5.75. The lowest BCUT2D eigenvalue weighted by Gasteiger charge is -2.25. The highest BCUT2D eigenvalue weighted by molar-refractivity contribution is 14.0. The number of nitrogens with zero attached hydrogens (tertiary/aromatic N) is 4. The Morgan fingerprint density at radius 2 is 2.03 bits per heavy atom. The van der Waals surface area contributed by atoms with Gasteiger partial charge in [0.15, 0.2) is 11.8 Å². The standard InChI is InChI=1S/C23H36N6O.HI/c1-4-15-30-21-12-8-9-19(16-21)13-14-24-23(26-20-10-6-5-7-11-20)25-17-22-28-27-18(2)29(22)3;/h8-9,12,16,20H,4-7,10-11,13-15,17H2,1-3H3,(H2,24,25,26);1H. The number of hydrogen-bond acceptors (Lipinski definition) is 4. The number of aryl methyl sites for hydroxylation is 1. The first-order valence-electron chi connectivity index (χ1n) is 11.3. The van der Waals surface area contributed by atoms with Crippen molar-refractivity contribution in [3.63, 3.8) is 0 Å². The van der Waals surface area contributed by atoms with Crippen LogP contribution in [-0.4, -0.2) is 39.9 Å². The van der Waals surface area contributed by atoms with Crippen LogP contribution in [0, 0.1) is 6.92 Å². The lowest BCUT2D eigenvalue weighted by Crippen LogP contribution is -2.44. The van der Waals surface area contributed by atoms with Crippen molar-refractivity contribution < 1.29 is 4.74 Å². The first-order valence-corrected chi connectivity index (χ1v) is 11.3. The Hall–Kier alpha value is -1.84. The number of benzene rings is 1. The lowest BCUT2D eigenvalue weighted by molar-refractivity contribution is 0.317. The molecule has 0 atom stereocenters. The van der Waals surface area contributed by atoms with Crippen molar-refractivity contribution in [1.29, 1.82) is 0 Å². The van der Waals surface area contributed by atoms with Crippen molar-refractivity contribution in [2.45, 2.75) is 71.4 Å². The molecule has 0 saturated heterocycles. The zero-order valence-corrected chi connectivity index (χ0v) is 21.4. The van der Waals surface area contributed by atoms with Crippen LogP contribution < -0.4 is 15.4 Å². The third-order valence-electron chi connectivity index (χ3n) is 5.58. The van der Waals surface area contributed by atoms with Gasteiger partial charge in [-0.15, -0.1) is 34.2 Å². The number of aromatic nitrogens is 3. The fourth-order valence-corrected chi connectivity index (χ4v) is 3.67. The van der Waals surface area contributed by atoms with Gasteiger partial charge in [-0.2, -0.15) is 0 Å². The summed E-state index contributed by atoms with van der Waals surface area (Å²) in [6.07, 6.45) is 8.27. The molecule has 2 aromatic rings.